The lowest BCUT2D eigenvalue weighted by atomic mass is 9.90. The van der Waals surface area contributed by atoms with Crippen molar-refractivity contribution in [1.82, 2.24) is 4.98 Å². The zero-order valence-corrected chi connectivity index (χ0v) is 13.3. The third kappa shape index (κ3) is 3.42. The van der Waals surface area contributed by atoms with Gasteiger partial charge in [-0.05, 0) is 31.9 Å². The first-order chi connectivity index (χ1) is 9.95. The minimum absolute atomic E-state index is 0.579. The van der Waals surface area contributed by atoms with Crippen LogP contribution >= 0.6 is 11.3 Å². The van der Waals surface area contributed by atoms with Gasteiger partial charge in [0.25, 0.3) is 0 Å². The molecule has 1 aromatic carbocycles. The monoisotopic (exact) mass is 304 g/mol. The number of hydrogen-bond acceptors (Lipinski definition) is 4. The number of thiazole rings is 1. The highest BCUT2D eigenvalue weighted by Crippen LogP contribution is 2.30. The van der Waals surface area contributed by atoms with Crippen LogP contribution in [0.5, 0.6) is 0 Å². The summed E-state index contributed by atoms with van der Waals surface area (Å²) in [6.07, 6.45) is 2.08. The Labute approximate surface area is 128 Å². The van der Waals surface area contributed by atoms with Gasteiger partial charge in [0.2, 0.25) is 0 Å². The zero-order valence-electron chi connectivity index (χ0n) is 12.5. The molecule has 5 heteroatoms. The van der Waals surface area contributed by atoms with E-state index in [-0.39, 0.29) is 0 Å². The SMILES string of the molecule is CCCc1ccccc1Nc1nc(C(C)(C)C(=O)O)cs1. The Morgan fingerprint density at radius 3 is 2.76 bits per heavy atom. The van der Waals surface area contributed by atoms with Crippen molar-refractivity contribution in [3.63, 3.8) is 0 Å². The molecule has 4 nitrogen and oxygen atoms in total. The largest absolute Gasteiger partial charge is 0.481 e. The average Bonchev–Trinajstić information content (AvgIpc) is 2.90. The second-order valence-electron chi connectivity index (χ2n) is 5.50. The summed E-state index contributed by atoms with van der Waals surface area (Å²) in [6, 6.07) is 8.13. The van der Waals surface area contributed by atoms with E-state index in [1.54, 1.807) is 19.2 Å². The van der Waals surface area contributed by atoms with E-state index in [1.165, 1.54) is 16.9 Å². The molecule has 2 N–H and O–H groups in total. The number of para-hydroxylation sites is 1. The van der Waals surface area contributed by atoms with Crippen LogP contribution in [0.15, 0.2) is 29.6 Å². The van der Waals surface area contributed by atoms with Gasteiger partial charge in [0.05, 0.1) is 5.69 Å². The minimum atomic E-state index is -0.973. The molecule has 0 fully saturated rings. The lowest BCUT2D eigenvalue weighted by Gasteiger charge is -2.15. The predicted octanol–water partition coefficient (Wildman–Crippen LogP) is 4.20. The summed E-state index contributed by atoms with van der Waals surface area (Å²) in [5.74, 6) is -0.870. The third-order valence-electron chi connectivity index (χ3n) is 3.46. The van der Waals surface area contributed by atoms with Crippen LogP contribution in [0.25, 0.3) is 0 Å². The standard InChI is InChI=1S/C16H20N2O2S/c1-4-7-11-8-5-6-9-12(11)17-15-18-13(10-21-15)16(2,3)14(19)20/h5-6,8-10H,4,7H2,1-3H3,(H,17,18)(H,19,20). The van der Waals surface area contributed by atoms with Gasteiger partial charge in [0.15, 0.2) is 5.13 Å². The van der Waals surface area contributed by atoms with E-state index in [2.05, 4.69) is 23.3 Å². The fourth-order valence-corrected chi connectivity index (χ4v) is 2.86. The number of aryl methyl sites for hydroxylation is 1. The number of carbonyl (C=O) groups is 1. The van der Waals surface area contributed by atoms with E-state index in [9.17, 15) is 9.90 Å². The summed E-state index contributed by atoms with van der Waals surface area (Å²) in [5, 5.41) is 15.1. The number of carboxylic acid groups (broad SMARTS) is 1. The molecule has 0 saturated carbocycles. The highest BCUT2D eigenvalue weighted by atomic mass is 32.1. The lowest BCUT2D eigenvalue weighted by Crippen LogP contribution is -2.28. The molecule has 2 rings (SSSR count). The Bertz CT molecular complexity index is 635. The molecule has 21 heavy (non-hydrogen) atoms. The van der Waals surface area contributed by atoms with Crippen LogP contribution < -0.4 is 5.32 Å². The fraction of sp³-hybridized carbons (Fsp3) is 0.375. The number of nitrogens with one attached hydrogen (secondary N) is 1. The zero-order chi connectivity index (χ0) is 15.5. The molecule has 112 valence electrons. The molecule has 0 atom stereocenters. The van der Waals surface area contributed by atoms with Gasteiger partial charge in [0.1, 0.15) is 5.41 Å². The smallest absolute Gasteiger partial charge is 0.315 e. The highest BCUT2D eigenvalue weighted by Gasteiger charge is 2.32. The molecule has 0 radical (unpaired) electrons. The lowest BCUT2D eigenvalue weighted by molar-refractivity contribution is -0.142. The first-order valence-electron chi connectivity index (χ1n) is 6.99. The number of benzene rings is 1. The number of aromatic nitrogens is 1. The molecule has 0 saturated heterocycles. The Balaban J connectivity index is 2.22. The summed E-state index contributed by atoms with van der Waals surface area (Å²) in [7, 11) is 0. The summed E-state index contributed by atoms with van der Waals surface area (Å²) in [6.45, 7) is 5.48. The number of aliphatic carboxylic acids is 1. The molecule has 1 heterocycles. The van der Waals surface area contributed by atoms with Crippen LogP contribution in [0.4, 0.5) is 10.8 Å². The Morgan fingerprint density at radius 1 is 1.38 bits per heavy atom. The Hall–Kier alpha value is -1.88. The number of rotatable bonds is 6. The van der Waals surface area contributed by atoms with Crippen molar-refractivity contribution < 1.29 is 9.90 Å². The molecule has 0 aliphatic heterocycles. The van der Waals surface area contributed by atoms with E-state index >= 15 is 0 Å². The van der Waals surface area contributed by atoms with Gasteiger partial charge in [-0.3, -0.25) is 4.79 Å². The molecule has 2 aromatic rings. The van der Waals surface area contributed by atoms with Crippen LogP contribution in [0.2, 0.25) is 0 Å². The first kappa shape index (κ1) is 15.5. The van der Waals surface area contributed by atoms with Crippen LogP contribution in [0.1, 0.15) is 38.4 Å². The van der Waals surface area contributed by atoms with Crippen molar-refractivity contribution >= 4 is 28.1 Å². The summed E-state index contributed by atoms with van der Waals surface area (Å²) in [5.41, 5.74) is 1.89. The third-order valence-corrected chi connectivity index (χ3v) is 4.22. The van der Waals surface area contributed by atoms with Gasteiger partial charge in [-0.25, -0.2) is 4.98 Å². The molecular weight excluding hydrogens is 284 g/mol. The molecule has 0 spiro atoms. The minimum Gasteiger partial charge on any atom is -0.481 e. The van der Waals surface area contributed by atoms with Gasteiger partial charge in [-0.1, -0.05) is 31.5 Å². The highest BCUT2D eigenvalue weighted by molar-refractivity contribution is 7.13. The van der Waals surface area contributed by atoms with E-state index in [0.717, 1.165) is 23.7 Å². The van der Waals surface area contributed by atoms with Crippen LogP contribution in [0, 0.1) is 0 Å². The van der Waals surface area contributed by atoms with Crippen molar-refractivity contribution in [2.45, 2.75) is 39.0 Å². The second-order valence-corrected chi connectivity index (χ2v) is 6.36. The second kappa shape index (κ2) is 6.26. The molecule has 0 aliphatic carbocycles. The predicted molar refractivity (Wildman–Crippen MR) is 86.5 cm³/mol. The van der Waals surface area contributed by atoms with Crippen LogP contribution in [-0.4, -0.2) is 16.1 Å². The summed E-state index contributed by atoms with van der Waals surface area (Å²) < 4.78 is 0. The summed E-state index contributed by atoms with van der Waals surface area (Å²) >= 11 is 1.43. The normalized spacial score (nSPS) is 11.4. The van der Waals surface area contributed by atoms with E-state index < -0.39 is 11.4 Å². The first-order valence-corrected chi connectivity index (χ1v) is 7.87. The van der Waals surface area contributed by atoms with Crippen molar-refractivity contribution in [2.75, 3.05) is 5.32 Å². The maximum Gasteiger partial charge on any atom is 0.315 e. The molecule has 1 aromatic heterocycles. The number of anilines is 2. The molecule has 0 amide bonds. The van der Waals surface area contributed by atoms with Crippen LogP contribution in [-0.2, 0) is 16.6 Å². The van der Waals surface area contributed by atoms with Gasteiger partial charge in [-0.2, -0.15) is 0 Å². The average molecular weight is 304 g/mol. The Kier molecular flexibility index (Phi) is 4.63. The topological polar surface area (TPSA) is 62.2 Å². The van der Waals surface area contributed by atoms with Gasteiger partial charge >= 0.3 is 5.97 Å². The van der Waals surface area contributed by atoms with E-state index in [4.69, 9.17) is 0 Å². The number of hydrogen-bond donors (Lipinski definition) is 2. The maximum absolute atomic E-state index is 11.3. The molecule has 0 unspecified atom stereocenters. The van der Waals surface area contributed by atoms with Gasteiger partial charge in [0, 0.05) is 11.1 Å². The Morgan fingerprint density at radius 2 is 2.10 bits per heavy atom. The summed E-state index contributed by atoms with van der Waals surface area (Å²) in [4.78, 5) is 15.7. The molecular formula is C16H20N2O2S. The van der Waals surface area contributed by atoms with Crippen LogP contribution in [0.3, 0.4) is 0 Å². The fourth-order valence-electron chi connectivity index (χ4n) is 1.97. The maximum atomic E-state index is 11.3. The molecule has 0 bridgehead atoms. The van der Waals surface area contributed by atoms with Crippen molar-refractivity contribution in [3.8, 4) is 0 Å². The van der Waals surface area contributed by atoms with Crippen molar-refractivity contribution in [3.05, 3.63) is 40.9 Å². The van der Waals surface area contributed by atoms with E-state index in [0.29, 0.717) is 5.69 Å². The van der Waals surface area contributed by atoms with Crippen molar-refractivity contribution in [1.29, 1.82) is 0 Å². The van der Waals surface area contributed by atoms with Gasteiger partial charge in [-0.15, -0.1) is 11.3 Å². The van der Waals surface area contributed by atoms with E-state index in [1.807, 2.05) is 18.2 Å². The quantitative estimate of drug-likeness (QED) is 0.839. The molecule has 0 aliphatic rings. The number of carboxylic acids is 1. The van der Waals surface area contributed by atoms with Gasteiger partial charge < -0.3 is 10.4 Å². The van der Waals surface area contributed by atoms with Crippen molar-refractivity contribution in [2.24, 2.45) is 0 Å². The number of nitrogens with zero attached hydrogens (tertiary/aromatic N) is 1.